The number of aliphatic imine (C=N–C) groups is 1. The van der Waals surface area contributed by atoms with Crippen molar-refractivity contribution in [2.45, 2.75) is 25.4 Å². The fourth-order valence-corrected chi connectivity index (χ4v) is 5.66. The van der Waals surface area contributed by atoms with Gasteiger partial charge in [-0.1, -0.05) is 30.3 Å². The summed E-state index contributed by atoms with van der Waals surface area (Å²) in [5, 5.41) is 1.95. The second kappa shape index (κ2) is 10.5. The Labute approximate surface area is 218 Å². The van der Waals surface area contributed by atoms with Gasteiger partial charge in [-0.3, -0.25) is 19.6 Å². The Morgan fingerprint density at radius 2 is 1.68 bits per heavy atom. The van der Waals surface area contributed by atoms with Gasteiger partial charge in [-0.15, -0.1) is 0 Å². The van der Waals surface area contributed by atoms with E-state index >= 15 is 0 Å². The predicted octanol–water partition coefficient (Wildman–Crippen LogP) is 4.37. The zero-order chi connectivity index (χ0) is 25.2. The van der Waals surface area contributed by atoms with Gasteiger partial charge in [0.15, 0.2) is 11.5 Å². The lowest BCUT2D eigenvalue weighted by molar-refractivity contribution is 0.0775. The van der Waals surface area contributed by atoms with Gasteiger partial charge in [0.1, 0.15) is 6.61 Å². The Balaban J connectivity index is 1.10. The van der Waals surface area contributed by atoms with E-state index in [4.69, 9.17) is 9.47 Å². The normalized spacial score (nSPS) is 20.1. The lowest BCUT2D eigenvalue weighted by atomic mass is 10.0. The molecule has 0 saturated carbocycles. The summed E-state index contributed by atoms with van der Waals surface area (Å²) >= 11 is 0. The third-order valence-corrected chi connectivity index (χ3v) is 7.79. The van der Waals surface area contributed by atoms with Crippen molar-refractivity contribution in [3.8, 4) is 11.5 Å². The second-order valence-electron chi connectivity index (χ2n) is 10.2. The average Bonchev–Trinajstić information content (AvgIpc) is 3.36. The molecule has 0 bridgehead atoms. The van der Waals surface area contributed by atoms with Crippen LogP contribution >= 0.6 is 0 Å². The van der Waals surface area contributed by atoms with Crippen LogP contribution in [0.5, 0.6) is 11.5 Å². The smallest absolute Gasteiger partial charge is 0.256 e. The van der Waals surface area contributed by atoms with Crippen molar-refractivity contribution in [3.05, 3.63) is 65.7 Å². The van der Waals surface area contributed by atoms with Gasteiger partial charge >= 0.3 is 0 Å². The quantitative estimate of drug-likeness (QED) is 0.484. The Bertz CT molecular complexity index is 1300. The Kier molecular flexibility index (Phi) is 6.81. The summed E-state index contributed by atoms with van der Waals surface area (Å²) in [6.07, 6.45) is 3.95. The van der Waals surface area contributed by atoms with E-state index < -0.39 is 0 Å². The van der Waals surface area contributed by atoms with Crippen LogP contribution in [0.3, 0.4) is 0 Å². The molecular formula is C30H34N4O3. The molecule has 2 saturated heterocycles. The van der Waals surface area contributed by atoms with Crippen molar-refractivity contribution >= 4 is 28.6 Å². The molecule has 7 heteroatoms. The maximum atomic E-state index is 13.2. The highest BCUT2D eigenvalue weighted by atomic mass is 16.5. The molecule has 192 valence electrons. The number of amides is 1. The first-order valence-electron chi connectivity index (χ1n) is 13.3. The highest BCUT2D eigenvalue weighted by Crippen LogP contribution is 2.37. The molecule has 1 amide bonds. The number of fused-ring (bicyclic) bond motifs is 3. The molecule has 3 aromatic rings. The molecule has 0 radical (unpaired) electrons. The molecule has 3 aliphatic heterocycles. The van der Waals surface area contributed by atoms with Crippen molar-refractivity contribution in [2.24, 2.45) is 4.99 Å². The number of carbonyl (C=O) groups is 1. The van der Waals surface area contributed by atoms with E-state index in [1.807, 2.05) is 35.4 Å². The number of nitrogens with zero attached hydrogens (tertiary/aromatic N) is 4. The SMILES string of the molecule is COc1cc2cc3c(cc2cc1OCCN1CCN(Cc2ccccc2)CC1)N=C[C@@H]1CCCN1C3=O. The van der Waals surface area contributed by atoms with Crippen LogP contribution < -0.4 is 9.47 Å². The molecule has 2 fully saturated rings. The number of piperazine rings is 1. The van der Waals surface area contributed by atoms with E-state index in [9.17, 15) is 4.79 Å². The minimum Gasteiger partial charge on any atom is -0.493 e. The van der Waals surface area contributed by atoms with Crippen LogP contribution in [0.1, 0.15) is 28.8 Å². The second-order valence-corrected chi connectivity index (χ2v) is 10.2. The lowest BCUT2D eigenvalue weighted by Gasteiger charge is -2.34. The van der Waals surface area contributed by atoms with Crippen molar-refractivity contribution < 1.29 is 14.3 Å². The Morgan fingerprint density at radius 3 is 2.49 bits per heavy atom. The highest BCUT2D eigenvalue weighted by Gasteiger charge is 2.32. The summed E-state index contributed by atoms with van der Waals surface area (Å²) in [6.45, 7) is 7.50. The molecule has 37 heavy (non-hydrogen) atoms. The van der Waals surface area contributed by atoms with Gasteiger partial charge in [-0.25, -0.2) is 0 Å². The number of rotatable bonds is 7. The summed E-state index contributed by atoms with van der Waals surface area (Å²) in [7, 11) is 1.66. The molecule has 6 rings (SSSR count). The Hall–Kier alpha value is -3.42. The summed E-state index contributed by atoms with van der Waals surface area (Å²) in [6, 6.07) is 18.7. The molecule has 7 nitrogen and oxygen atoms in total. The minimum absolute atomic E-state index is 0.0695. The van der Waals surface area contributed by atoms with Crippen LogP contribution in [0.2, 0.25) is 0 Å². The van der Waals surface area contributed by atoms with Crippen molar-refractivity contribution in [3.63, 3.8) is 0 Å². The maximum Gasteiger partial charge on any atom is 0.256 e. The molecule has 0 aromatic heterocycles. The van der Waals surface area contributed by atoms with Crippen LogP contribution in [0.25, 0.3) is 10.8 Å². The largest absolute Gasteiger partial charge is 0.493 e. The summed E-state index contributed by atoms with van der Waals surface area (Å²) in [5.41, 5.74) is 2.77. The zero-order valence-corrected chi connectivity index (χ0v) is 21.4. The maximum absolute atomic E-state index is 13.2. The number of hydrogen-bond donors (Lipinski definition) is 0. The summed E-state index contributed by atoms with van der Waals surface area (Å²) < 4.78 is 11.9. The number of ether oxygens (including phenoxy) is 2. The first-order valence-corrected chi connectivity index (χ1v) is 13.3. The molecule has 3 heterocycles. The van der Waals surface area contributed by atoms with Crippen LogP contribution in [0.4, 0.5) is 5.69 Å². The summed E-state index contributed by atoms with van der Waals surface area (Å²) in [4.78, 5) is 24.8. The molecule has 0 spiro atoms. The summed E-state index contributed by atoms with van der Waals surface area (Å²) in [5.74, 6) is 1.48. The zero-order valence-electron chi connectivity index (χ0n) is 21.4. The predicted molar refractivity (Wildman–Crippen MR) is 146 cm³/mol. The van der Waals surface area contributed by atoms with E-state index in [2.05, 4.69) is 45.1 Å². The third-order valence-electron chi connectivity index (χ3n) is 7.79. The number of hydrogen-bond acceptors (Lipinski definition) is 6. The van der Waals surface area contributed by atoms with Gasteiger partial charge in [-0.05, 0) is 53.4 Å². The van der Waals surface area contributed by atoms with Crippen molar-refractivity contribution in [2.75, 3.05) is 53.0 Å². The van der Waals surface area contributed by atoms with Crippen molar-refractivity contribution in [1.82, 2.24) is 14.7 Å². The standard InChI is InChI=1S/C30H34N4O3/c1-36-28-18-23-16-26-27(31-20-25-8-5-9-34(25)30(26)35)17-24(23)19-29(28)37-15-14-32-10-12-33(13-11-32)21-22-6-3-2-4-7-22/h2-4,6-7,16-20,25H,5,8-15,21H2,1H3/t25-/m0/s1. The van der Waals surface area contributed by atoms with Crippen molar-refractivity contribution in [1.29, 1.82) is 0 Å². The highest BCUT2D eigenvalue weighted by molar-refractivity contribution is 6.07. The van der Waals surface area contributed by atoms with E-state index in [0.717, 1.165) is 80.9 Å². The van der Waals surface area contributed by atoms with Crippen LogP contribution in [0.15, 0.2) is 59.6 Å². The topological polar surface area (TPSA) is 57.6 Å². The molecule has 1 atom stereocenters. The van der Waals surface area contributed by atoms with E-state index in [-0.39, 0.29) is 11.9 Å². The average molecular weight is 499 g/mol. The third kappa shape index (κ3) is 5.06. The minimum atomic E-state index is 0.0695. The van der Waals surface area contributed by atoms with E-state index in [1.54, 1.807) is 7.11 Å². The molecule has 0 N–H and O–H groups in total. The molecular weight excluding hydrogens is 464 g/mol. The molecule has 3 aliphatic rings. The van der Waals surface area contributed by atoms with Gasteiger partial charge in [-0.2, -0.15) is 0 Å². The van der Waals surface area contributed by atoms with Gasteiger partial charge in [0.25, 0.3) is 5.91 Å². The van der Waals surface area contributed by atoms with Crippen LogP contribution in [-0.2, 0) is 6.54 Å². The van der Waals surface area contributed by atoms with Crippen LogP contribution in [-0.4, -0.2) is 85.8 Å². The van der Waals surface area contributed by atoms with Gasteiger partial charge in [0.2, 0.25) is 0 Å². The van der Waals surface area contributed by atoms with E-state index in [0.29, 0.717) is 17.9 Å². The fourth-order valence-electron chi connectivity index (χ4n) is 5.66. The first kappa shape index (κ1) is 23.9. The first-order chi connectivity index (χ1) is 18.2. The number of benzene rings is 3. The van der Waals surface area contributed by atoms with Crippen LogP contribution in [0, 0.1) is 0 Å². The molecule has 3 aromatic carbocycles. The molecule has 0 unspecified atom stereocenters. The number of methoxy groups -OCH3 is 1. The number of carbonyl (C=O) groups excluding carboxylic acids is 1. The van der Waals surface area contributed by atoms with Gasteiger partial charge in [0, 0.05) is 52.0 Å². The molecule has 0 aliphatic carbocycles. The Morgan fingerprint density at radius 1 is 0.919 bits per heavy atom. The lowest BCUT2D eigenvalue weighted by Crippen LogP contribution is -2.47. The van der Waals surface area contributed by atoms with E-state index in [1.165, 1.54) is 5.56 Å². The van der Waals surface area contributed by atoms with Gasteiger partial charge in [0.05, 0.1) is 24.4 Å². The fraction of sp³-hybridized carbons (Fsp3) is 0.400. The van der Waals surface area contributed by atoms with Gasteiger partial charge < -0.3 is 14.4 Å². The monoisotopic (exact) mass is 498 g/mol.